The number of aromatic amines is 1. The zero-order valence-corrected chi connectivity index (χ0v) is 8.00. The molecule has 0 bridgehead atoms. The molecule has 0 aliphatic carbocycles. The van der Waals surface area contributed by atoms with E-state index >= 15 is 0 Å². The van der Waals surface area contributed by atoms with Crippen molar-refractivity contribution in [2.75, 3.05) is 5.32 Å². The zero-order valence-electron chi connectivity index (χ0n) is 8.00. The molecule has 14 heavy (non-hydrogen) atoms. The first-order valence-electron chi connectivity index (χ1n) is 4.65. The largest absolute Gasteiger partial charge is 0.358 e. The summed E-state index contributed by atoms with van der Waals surface area (Å²) >= 11 is 0. The average molecular weight is 188 g/mol. The SMILES string of the molecule is CCc1cc2cc(NC=O)ccc2[nH]1. The van der Waals surface area contributed by atoms with Crippen molar-refractivity contribution in [2.45, 2.75) is 13.3 Å². The second-order valence-electron chi connectivity index (χ2n) is 3.21. The van der Waals surface area contributed by atoms with Gasteiger partial charge in [-0.25, -0.2) is 0 Å². The topological polar surface area (TPSA) is 44.9 Å². The van der Waals surface area contributed by atoms with Gasteiger partial charge in [0.1, 0.15) is 0 Å². The number of aromatic nitrogens is 1. The van der Waals surface area contributed by atoms with Gasteiger partial charge in [0.15, 0.2) is 0 Å². The van der Waals surface area contributed by atoms with E-state index in [2.05, 4.69) is 23.3 Å². The molecule has 0 atom stereocenters. The lowest BCUT2D eigenvalue weighted by Gasteiger charge is -1.96. The van der Waals surface area contributed by atoms with Gasteiger partial charge in [-0.05, 0) is 30.7 Å². The molecule has 72 valence electrons. The average Bonchev–Trinajstić information content (AvgIpc) is 2.60. The van der Waals surface area contributed by atoms with Gasteiger partial charge >= 0.3 is 0 Å². The van der Waals surface area contributed by atoms with E-state index in [1.54, 1.807) is 0 Å². The molecule has 1 aromatic heterocycles. The fraction of sp³-hybridized carbons (Fsp3) is 0.182. The molecule has 1 heterocycles. The molecule has 2 rings (SSSR count). The van der Waals surface area contributed by atoms with E-state index in [0.717, 1.165) is 23.0 Å². The number of amides is 1. The number of H-pyrrole nitrogens is 1. The van der Waals surface area contributed by atoms with Crippen LogP contribution in [0, 0.1) is 0 Å². The number of anilines is 1. The van der Waals surface area contributed by atoms with Gasteiger partial charge < -0.3 is 10.3 Å². The lowest BCUT2D eigenvalue weighted by Crippen LogP contribution is -1.92. The monoisotopic (exact) mass is 188 g/mol. The summed E-state index contributed by atoms with van der Waals surface area (Å²) in [6.45, 7) is 2.11. The smallest absolute Gasteiger partial charge is 0.211 e. The number of carbonyl (C=O) groups is 1. The molecule has 0 fully saturated rings. The van der Waals surface area contributed by atoms with Crippen molar-refractivity contribution in [3.8, 4) is 0 Å². The highest BCUT2D eigenvalue weighted by molar-refractivity contribution is 5.86. The van der Waals surface area contributed by atoms with Crippen LogP contribution >= 0.6 is 0 Å². The van der Waals surface area contributed by atoms with Crippen LogP contribution in [0.5, 0.6) is 0 Å². The summed E-state index contributed by atoms with van der Waals surface area (Å²) in [5, 5.41) is 3.77. The Bertz CT molecular complexity index is 459. The van der Waals surface area contributed by atoms with Crippen LogP contribution in [0.25, 0.3) is 10.9 Å². The fourth-order valence-electron chi connectivity index (χ4n) is 1.54. The molecule has 1 amide bonds. The van der Waals surface area contributed by atoms with Gasteiger partial charge in [-0.2, -0.15) is 0 Å². The summed E-state index contributed by atoms with van der Waals surface area (Å²) in [5.74, 6) is 0. The molecule has 2 N–H and O–H groups in total. The number of rotatable bonds is 3. The van der Waals surface area contributed by atoms with E-state index in [4.69, 9.17) is 0 Å². The van der Waals surface area contributed by atoms with Gasteiger partial charge in [0, 0.05) is 22.3 Å². The molecular formula is C11H12N2O. The number of carbonyl (C=O) groups excluding carboxylic acids is 1. The molecular weight excluding hydrogens is 176 g/mol. The van der Waals surface area contributed by atoms with Gasteiger partial charge in [-0.1, -0.05) is 6.92 Å². The normalized spacial score (nSPS) is 10.4. The van der Waals surface area contributed by atoms with Gasteiger partial charge in [0.2, 0.25) is 6.41 Å². The lowest BCUT2D eigenvalue weighted by molar-refractivity contribution is -0.105. The molecule has 0 saturated heterocycles. The molecule has 0 aliphatic rings. The van der Waals surface area contributed by atoms with Crippen molar-refractivity contribution in [3.63, 3.8) is 0 Å². The maximum Gasteiger partial charge on any atom is 0.211 e. The molecule has 3 nitrogen and oxygen atoms in total. The second kappa shape index (κ2) is 3.54. The highest BCUT2D eigenvalue weighted by atomic mass is 16.1. The molecule has 0 radical (unpaired) electrons. The Morgan fingerprint density at radius 2 is 2.29 bits per heavy atom. The number of fused-ring (bicyclic) bond motifs is 1. The third kappa shape index (κ3) is 1.48. The first kappa shape index (κ1) is 8.81. The van der Waals surface area contributed by atoms with Gasteiger partial charge in [0.05, 0.1) is 0 Å². The Morgan fingerprint density at radius 1 is 1.43 bits per heavy atom. The van der Waals surface area contributed by atoms with E-state index < -0.39 is 0 Å². The minimum absolute atomic E-state index is 0.689. The number of hydrogen-bond donors (Lipinski definition) is 2. The lowest BCUT2D eigenvalue weighted by atomic mass is 10.2. The standard InChI is InChI=1S/C11H12N2O/c1-2-9-5-8-6-10(12-7-14)3-4-11(8)13-9/h3-7,13H,2H2,1H3,(H,12,14). The third-order valence-corrected chi connectivity index (χ3v) is 2.28. The van der Waals surface area contributed by atoms with Crippen molar-refractivity contribution in [1.29, 1.82) is 0 Å². The Balaban J connectivity index is 2.48. The fourth-order valence-corrected chi connectivity index (χ4v) is 1.54. The molecule has 3 heteroatoms. The van der Waals surface area contributed by atoms with Crippen LogP contribution in [0.3, 0.4) is 0 Å². The van der Waals surface area contributed by atoms with E-state index in [9.17, 15) is 4.79 Å². The third-order valence-electron chi connectivity index (χ3n) is 2.28. The summed E-state index contributed by atoms with van der Waals surface area (Å²) in [6.07, 6.45) is 1.68. The predicted octanol–water partition coefficient (Wildman–Crippen LogP) is 2.30. The Hall–Kier alpha value is -1.77. The van der Waals surface area contributed by atoms with E-state index in [1.807, 2.05) is 18.2 Å². The minimum Gasteiger partial charge on any atom is -0.358 e. The summed E-state index contributed by atoms with van der Waals surface area (Å²) < 4.78 is 0. The molecule has 2 aromatic rings. The zero-order chi connectivity index (χ0) is 9.97. The van der Waals surface area contributed by atoms with E-state index in [1.165, 1.54) is 5.69 Å². The highest BCUT2D eigenvalue weighted by Gasteiger charge is 1.99. The summed E-state index contributed by atoms with van der Waals surface area (Å²) in [4.78, 5) is 13.6. The van der Waals surface area contributed by atoms with Gasteiger partial charge in [-0.3, -0.25) is 4.79 Å². The van der Waals surface area contributed by atoms with Crippen LogP contribution in [0.1, 0.15) is 12.6 Å². The highest BCUT2D eigenvalue weighted by Crippen LogP contribution is 2.19. The molecule has 0 saturated carbocycles. The summed E-state index contributed by atoms with van der Waals surface area (Å²) in [7, 11) is 0. The maximum absolute atomic E-state index is 10.3. The Morgan fingerprint density at radius 3 is 3.00 bits per heavy atom. The molecule has 0 unspecified atom stereocenters. The van der Waals surface area contributed by atoms with E-state index in [0.29, 0.717) is 6.41 Å². The first-order valence-corrected chi connectivity index (χ1v) is 4.65. The van der Waals surface area contributed by atoms with Crippen molar-refractivity contribution >= 4 is 23.0 Å². The van der Waals surface area contributed by atoms with Crippen LogP contribution in [0.4, 0.5) is 5.69 Å². The van der Waals surface area contributed by atoms with Crippen LogP contribution in [0.2, 0.25) is 0 Å². The van der Waals surface area contributed by atoms with Crippen LogP contribution < -0.4 is 5.32 Å². The van der Waals surface area contributed by atoms with Crippen molar-refractivity contribution in [3.05, 3.63) is 30.0 Å². The molecule has 0 aliphatic heterocycles. The predicted molar refractivity (Wildman–Crippen MR) is 57.4 cm³/mol. The molecule has 0 spiro atoms. The number of hydrogen-bond acceptors (Lipinski definition) is 1. The van der Waals surface area contributed by atoms with E-state index in [-0.39, 0.29) is 0 Å². The maximum atomic E-state index is 10.3. The first-order chi connectivity index (χ1) is 6.83. The van der Waals surface area contributed by atoms with Gasteiger partial charge in [0.25, 0.3) is 0 Å². The second-order valence-corrected chi connectivity index (χ2v) is 3.21. The van der Waals surface area contributed by atoms with Gasteiger partial charge in [-0.15, -0.1) is 0 Å². The Labute approximate surface area is 82.1 Å². The van der Waals surface area contributed by atoms with Crippen LogP contribution in [0.15, 0.2) is 24.3 Å². The number of nitrogens with one attached hydrogen (secondary N) is 2. The quantitative estimate of drug-likeness (QED) is 0.713. The van der Waals surface area contributed by atoms with Crippen LogP contribution in [-0.2, 0) is 11.2 Å². The van der Waals surface area contributed by atoms with Crippen molar-refractivity contribution in [1.82, 2.24) is 4.98 Å². The van der Waals surface area contributed by atoms with Crippen LogP contribution in [-0.4, -0.2) is 11.4 Å². The number of benzene rings is 1. The summed E-state index contributed by atoms with van der Waals surface area (Å²) in [6, 6.07) is 7.91. The van der Waals surface area contributed by atoms with Crippen molar-refractivity contribution in [2.24, 2.45) is 0 Å². The van der Waals surface area contributed by atoms with Crippen molar-refractivity contribution < 1.29 is 4.79 Å². The molecule has 1 aromatic carbocycles. The minimum atomic E-state index is 0.689. The number of aryl methyl sites for hydroxylation is 1. The Kier molecular flexibility index (Phi) is 2.23. The summed E-state index contributed by atoms with van der Waals surface area (Å²) in [5.41, 5.74) is 3.15.